The summed E-state index contributed by atoms with van der Waals surface area (Å²) >= 11 is 3.73. The highest BCUT2D eigenvalue weighted by molar-refractivity contribution is 8.00. The zero-order valence-corrected chi connectivity index (χ0v) is 12.4. The van der Waals surface area contributed by atoms with Gasteiger partial charge in [-0.25, -0.2) is 0 Å². The van der Waals surface area contributed by atoms with E-state index < -0.39 is 0 Å². The van der Waals surface area contributed by atoms with E-state index in [0.29, 0.717) is 5.25 Å². The third-order valence-corrected chi connectivity index (χ3v) is 6.36. The molecule has 1 aromatic rings. The van der Waals surface area contributed by atoms with Gasteiger partial charge in [-0.2, -0.15) is 11.8 Å². The molecule has 0 aromatic carbocycles. The summed E-state index contributed by atoms with van der Waals surface area (Å²) in [7, 11) is 0. The summed E-state index contributed by atoms with van der Waals surface area (Å²) < 4.78 is 6.20. The van der Waals surface area contributed by atoms with E-state index in [0.717, 1.165) is 36.0 Å². The molecule has 3 atom stereocenters. The molecule has 3 rings (SSSR count). The molecule has 0 saturated carbocycles. The number of aromatic nitrogens is 2. The number of hydrogen-bond acceptors (Lipinski definition) is 6. The van der Waals surface area contributed by atoms with E-state index in [1.165, 1.54) is 5.75 Å². The van der Waals surface area contributed by atoms with Gasteiger partial charge in [0.15, 0.2) is 0 Å². The Kier molecular flexibility index (Phi) is 3.62. The summed E-state index contributed by atoms with van der Waals surface area (Å²) in [6.45, 7) is 6.12. The second-order valence-corrected chi connectivity index (χ2v) is 7.38. The minimum absolute atomic E-state index is 0.0759. The van der Waals surface area contributed by atoms with Crippen molar-refractivity contribution in [3.63, 3.8) is 0 Å². The van der Waals surface area contributed by atoms with Crippen molar-refractivity contribution in [1.82, 2.24) is 15.5 Å². The molecule has 2 aliphatic heterocycles. The predicted molar refractivity (Wildman–Crippen MR) is 75.3 cm³/mol. The molecule has 2 saturated heterocycles. The predicted octanol–water partition coefficient (Wildman–Crippen LogP) is 2.03. The lowest BCUT2D eigenvalue weighted by Gasteiger charge is -2.43. The van der Waals surface area contributed by atoms with Crippen LogP contribution in [0.2, 0.25) is 0 Å². The highest BCUT2D eigenvalue weighted by Crippen LogP contribution is 2.48. The number of ether oxygens (including phenoxy) is 1. The van der Waals surface area contributed by atoms with Gasteiger partial charge in [0.25, 0.3) is 0 Å². The van der Waals surface area contributed by atoms with Crippen LogP contribution in [0.5, 0.6) is 0 Å². The lowest BCUT2D eigenvalue weighted by Crippen LogP contribution is -2.55. The van der Waals surface area contributed by atoms with E-state index in [4.69, 9.17) is 4.74 Å². The number of rotatable bonds is 2. The SMILES string of the molecule is CCc1nnc(C2NCCOC23CCSC3C)s1. The van der Waals surface area contributed by atoms with Gasteiger partial charge in [0.1, 0.15) is 15.6 Å². The van der Waals surface area contributed by atoms with Crippen molar-refractivity contribution in [2.75, 3.05) is 18.9 Å². The van der Waals surface area contributed by atoms with Crippen LogP contribution < -0.4 is 5.32 Å². The maximum absolute atomic E-state index is 6.20. The van der Waals surface area contributed by atoms with Crippen LogP contribution in [0.15, 0.2) is 0 Å². The molecular formula is C12H19N3OS2. The summed E-state index contributed by atoms with van der Waals surface area (Å²) in [5.74, 6) is 1.18. The summed E-state index contributed by atoms with van der Waals surface area (Å²) in [5.41, 5.74) is -0.0759. The van der Waals surface area contributed by atoms with Crippen LogP contribution in [0, 0.1) is 0 Å². The molecule has 2 fully saturated rings. The number of morpholine rings is 1. The van der Waals surface area contributed by atoms with Gasteiger partial charge in [0, 0.05) is 11.8 Å². The van der Waals surface area contributed by atoms with Crippen molar-refractivity contribution in [1.29, 1.82) is 0 Å². The monoisotopic (exact) mass is 285 g/mol. The standard InChI is InChI=1S/C12H19N3OS2/c1-3-9-14-15-11(18-9)10-12(16-6-5-13-10)4-7-17-8(12)2/h8,10,13H,3-7H2,1-2H3. The van der Waals surface area contributed by atoms with E-state index in [2.05, 4.69) is 29.4 Å². The Hall–Kier alpha value is -0.170. The highest BCUT2D eigenvalue weighted by Gasteiger charge is 2.51. The van der Waals surface area contributed by atoms with E-state index in [-0.39, 0.29) is 11.6 Å². The zero-order chi connectivity index (χ0) is 12.6. The Labute approximate surface area is 116 Å². The molecule has 100 valence electrons. The van der Waals surface area contributed by atoms with Crippen molar-refractivity contribution in [3.05, 3.63) is 10.0 Å². The van der Waals surface area contributed by atoms with Gasteiger partial charge in [0.05, 0.1) is 12.6 Å². The molecule has 4 nitrogen and oxygen atoms in total. The third-order valence-electron chi connectivity index (χ3n) is 3.89. The third kappa shape index (κ3) is 1.99. The van der Waals surface area contributed by atoms with Crippen LogP contribution in [-0.4, -0.2) is 40.0 Å². The van der Waals surface area contributed by atoms with Crippen LogP contribution in [0.25, 0.3) is 0 Å². The molecule has 0 aliphatic carbocycles. The first-order valence-electron chi connectivity index (χ1n) is 6.57. The molecule has 2 aliphatic rings. The largest absolute Gasteiger partial charge is 0.370 e. The minimum atomic E-state index is -0.0759. The molecule has 1 N–H and O–H groups in total. The van der Waals surface area contributed by atoms with Crippen molar-refractivity contribution in [2.24, 2.45) is 0 Å². The number of nitrogens with one attached hydrogen (secondary N) is 1. The second-order valence-electron chi connectivity index (χ2n) is 4.84. The summed E-state index contributed by atoms with van der Waals surface area (Å²) in [6.07, 6.45) is 2.07. The maximum Gasteiger partial charge on any atom is 0.137 e. The van der Waals surface area contributed by atoms with Gasteiger partial charge in [-0.3, -0.25) is 0 Å². The summed E-state index contributed by atoms with van der Waals surface area (Å²) in [5, 5.41) is 15.0. The van der Waals surface area contributed by atoms with E-state index in [1.807, 2.05) is 11.8 Å². The lowest BCUT2D eigenvalue weighted by molar-refractivity contribution is -0.0941. The number of aryl methyl sites for hydroxylation is 1. The molecule has 1 aromatic heterocycles. The van der Waals surface area contributed by atoms with Crippen LogP contribution in [0.3, 0.4) is 0 Å². The second kappa shape index (κ2) is 5.07. The van der Waals surface area contributed by atoms with E-state index in [1.54, 1.807) is 11.3 Å². The smallest absolute Gasteiger partial charge is 0.137 e. The first-order valence-corrected chi connectivity index (χ1v) is 8.44. The van der Waals surface area contributed by atoms with Crippen LogP contribution in [0.1, 0.15) is 36.3 Å². The first-order chi connectivity index (χ1) is 8.76. The van der Waals surface area contributed by atoms with Gasteiger partial charge >= 0.3 is 0 Å². The Morgan fingerprint density at radius 1 is 1.50 bits per heavy atom. The minimum Gasteiger partial charge on any atom is -0.370 e. The van der Waals surface area contributed by atoms with Crippen molar-refractivity contribution in [2.45, 2.75) is 43.6 Å². The normalized spacial score (nSPS) is 36.3. The van der Waals surface area contributed by atoms with E-state index in [9.17, 15) is 0 Å². The fourth-order valence-corrected chi connectivity index (χ4v) is 5.18. The Morgan fingerprint density at radius 2 is 2.39 bits per heavy atom. The number of nitrogens with zero attached hydrogens (tertiary/aromatic N) is 2. The summed E-state index contributed by atoms with van der Waals surface area (Å²) in [4.78, 5) is 0. The quantitative estimate of drug-likeness (QED) is 0.901. The van der Waals surface area contributed by atoms with Crippen LogP contribution in [-0.2, 0) is 11.2 Å². The molecule has 0 amide bonds. The average Bonchev–Trinajstić information content (AvgIpc) is 2.99. The molecule has 0 radical (unpaired) electrons. The molecular weight excluding hydrogens is 266 g/mol. The van der Waals surface area contributed by atoms with Gasteiger partial charge < -0.3 is 10.1 Å². The molecule has 3 unspecified atom stereocenters. The van der Waals surface area contributed by atoms with Crippen molar-refractivity contribution >= 4 is 23.1 Å². The van der Waals surface area contributed by atoms with Crippen LogP contribution >= 0.6 is 23.1 Å². The molecule has 18 heavy (non-hydrogen) atoms. The molecule has 1 spiro atoms. The Bertz CT molecular complexity index is 425. The van der Waals surface area contributed by atoms with Gasteiger partial charge in [-0.05, 0) is 18.6 Å². The topological polar surface area (TPSA) is 47.0 Å². The zero-order valence-electron chi connectivity index (χ0n) is 10.8. The lowest BCUT2D eigenvalue weighted by atomic mass is 9.87. The fraction of sp³-hybridized carbons (Fsp3) is 0.833. The first kappa shape index (κ1) is 12.8. The highest BCUT2D eigenvalue weighted by atomic mass is 32.2. The number of hydrogen-bond donors (Lipinski definition) is 1. The van der Waals surface area contributed by atoms with Gasteiger partial charge in [-0.15, -0.1) is 10.2 Å². The van der Waals surface area contributed by atoms with E-state index >= 15 is 0 Å². The molecule has 6 heteroatoms. The fourth-order valence-electron chi connectivity index (χ4n) is 2.83. The maximum atomic E-state index is 6.20. The Balaban J connectivity index is 1.92. The molecule has 3 heterocycles. The van der Waals surface area contributed by atoms with Gasteiger partial charge in [0.2, 0.25) is 0 Å². The van der Waals surface area contributed by atoms with Crippen molar-refractivity contribution < 1.29 is 4.74 Å². The average molecular weight is 285 g/mol. The van der Waals surface area contributed by atoms with Gasteiger partial charge in [-0.1, -0.05) is 25.2 Å². The number of thioether (sulfide) groups is 1. The van der Waals surface area contributed by atoms with Crippen molar-refractivity contribution in [3.8, 4) is 0 Å². The molecule has 0 bridgehead atoms. The van der Waals surface area contributed by atoms with Crippen LogP contribution in [0.4, 0.5) is 0 Å². The Morgan fingerprint density at radius 3 is 3.06 bits per heavy atom. The summed E-state index contributed by atoms with van der Waals surface area (Å²) in [6, 6.07) is 0.217.